The lowest BCUT2D eigenvalue weighted by Gasteiger charge is -2.35. The molecule has 0 aromatic rings. The molecule has 1 saturated heterocycles. The Morgan fingerprint density at radius 1 is 1.67 bits per heavy atom. The van der Waals surface area contributed by atoms with E-state index in [4.69, 9.17) is 0 Å². The van der Waals surface area contributed by atoms with Crippen LogP contribution in [0.3, 0.4) is 0 Å². The average Bonchev–Trinajstić information content (AvgIpc) is 1.96. The third kappa shape index (κ3) is 2.17. The summed E-state index contributed by atoms with van der Waals surface area (Å²) in [4.78, 5) is 11.0. The summed E-state index contributed by atoms with van der Waals surface area (Å²) >= 11 is 0. The smallest absolute Gasteiger partial charge is 0.222 e. The molecule has 0 bridgehead atoms. The van der Waals surface area contributed by atoms with Gasteiger partial charge in [0.15, 0.2) is 5.67 Å². The molecule has 1 amide bonds. The highest BCUT2D eigenvalue weighted by Gasteiger charge is 2.37. The molecule has 12 heavy (non-hydrogen) atoms. The quantitative estimate of drug-likeness (QED) is 0.635. The van der Waals surface area contributed by atoms with E-state index in [2.05, 4.69) is 10.6 Å². The first kappa shape index (κ1) is 9.45. The van der Waals surface area contributed by atoms with Crippen LogP contribution in [0, 0.1) is 5.92 Å². The van der Waals surface area contributed by atoms with Crippen LogP contribution >= 0.6 is 0 Å². The van der Waals surface area contributed by atoms with Gasteiger partial charge in [0.25, 0.3) is 0 Å². The summed E-state index contributed by atoms with van der Waals surface area (Å²) in [5.74, 6) is -0.152. The molecule has 70 valence electrons. The maximum Gasteiger partial charge on any atom is 0.222 e. The predicted molar refractivity (Wildman–Crippen MR) is 44.6 cm³/mol. The third-order valence-corrected chi connectivity index (χ3v) is 1.99. The van der Waals surface area contributed by atoms with Gasteiger partial charge in [-0.05, 0) is 0 Å². The van der Waals surface area contributed by atoms with Crippen LogP contribution in [0.25, 0.3) is 0 Å². The minimum atomic E-state index is -1.20. The van der Waals surface area contributed by atoms with Gasteiger partial charge in [0.1, 0.15) is 0 Å². The van der Waals surface area contributed by atoms with Crippen LogP contribution in [0.5, 0.6) is 0 Å². The molecule has 1 rings (SSSR count). The molecule has 0 atom stereocenters. The van der Waals surface area contributed by atoms with Crippen molar-refractivity contribution in [3.8, 4) is 0 Å². The standard InChI is InChI=1S/C8H15FN2O/c1-6(2)7(12)11-5-8(9)3-10-4-8/h6,10H,3-5H2,1-2H3,(H,11,12). The van der Waals surface area contributed by atoms with E-state index in [9.17, 15) is 9.18 Å². The van der Waals surface area contributed by atoms with Crippen LogP contribution in [-0.2, 0) is 4.79 Å². The Bertz CT molecular complexity index is 178. The second-order valence-electron chi connectivity index (χ2n) is 3.63. The molecule has 0 aromatic carbocycles. The fourth-order valence-electron chi connectivity index (χ4n) is 0.971. The summed E-state index contributed by atoms with van der Waals surface area (Å²) in [6, 6.07) is 0. The van der Waals surface area contributed by atoms with Crippen LogP contribution in [0.2, 0.25) is 0 Å². The molecule has 1 aliphatic rings. The van der Waals surface area contributed by atoms with E-state index in [0.29, 0.717) is 13.1 Å². The molecule has 0 spiro atoms. The van der Waals surface area contributed by atoms with Crippen molar-refractivity contribution < 1.29 is 9.18 Å². The largest absolute Gasteiger partial charge is 0.353 e. The lowest BCUT2D eigenvalue weighted by Crippen LogP contribution is -2.61. The molecule has 0 saturated carbocycles. The van der Waals surface area contributed by atoms with Crippen LogP contribution in [0.15, 0.2) is 0 Å². The molecular formula is C8H15FN2O. The molecule has 2 N–H and O–H groups in total. The van der Waals surface area contributed by atoms with Crippen molar-refractivity contribution in [2.24, 2.45) is 5.92 Å². The van der Waals surface area contributed by atoms with Crippen molar-refractivity contribution >= 4 is 5.91 Å². The molecule has 1 aliphatic heterocycles. The maximum atomic E-state index is 13.3. The second kappa shape index (κ2) is 3.39. The van der Waals surface area contributed by atoms with Gasteiger partial charge in [-0.3, -0.25) is 4.79 Å². The fraction of sp³-hybridized carbons (Fsp3) is 0.875. The Kier molecular flexibility index (Phi) is 2.67. The molecule has 1 fully saturated rings. The predicted octanol–water partition coefficient (Wildman–Crippen LogP) is 0.0701. The van der Waals surface area contributed by atoms with E-state index in [1.54, 1.807) is 13.8 Å². The first-order valence-corrected chi connectivity index (χ1v) is 4.21. The van der Waals surface area contributed by atoms with Crippen molar-refractivity contribution in [1.82, 2.24) is 10.6 Å². The first-order chi connectivity index (χ1) is 5.53. The molecule has 0 aliphatic carbocycles. The first-order valence-electron chi connectivity index (χ1n) is 4.21. The number of amides is 1. The van der Waals surface area contributed by atoms with E-state index in [1.165, 1.54) is 0 Å². The van der Waals surface area contributed by atoms with Gasteiger partial charge in [0, 0.05) is 19.0 Å². The number of carbonyl (C=O) groups excluding carboxylic acids is 1. The number of carbonyl (C=O) groups is 1. The average molecular weight is 174 g/mol. The SMILES string of the molecule is CC(C)C(=O)NCC1(F)CNC1. The van der Waals surface area contributed by atoms with Crippen molar-refractivity contribution in [2.45, 2.75) is 19.5 Å². The molecule has 0 aromatic heterocycles. The summed E-state index contributed by atoms with van der Waals surface area (Å²) in [5.41, 5.74) is -1.20. The minimum absolute atomic E-state index is 0.0679. The van der Waals surface area contributed by atoms with Crippen molar-refractivity contribution in [3.63, 3.8) is 0 Å². The van der Waals surface area contributed by atoms with Crippen molar-refractivity contribution in [2.75, 3.05) is 19.6 Å². The summed E-state index contributed by atoms with van der Waals surface area (Å²) < 4.78 is 13.3. The number of alkyl halides is 1. The van der Waals surface area contributed by atoms with Crippen LogP contribution in [0.1, 0.15) is 13.8 Å². The molecule has 1 heterocycles. The van der Waals surface area contributed by atoms with Gasteiger partial charge < -0.3 is 10.6 Å². The topological polar surface area (TPSA) is 41.1 Å². The molecule has 0 radical (unpaired) electrons. The van der Waals surface area contributed by atoms with Crippen molar-refractivity contribution in [1.29, 1.82) is 0 Å². The number of hydrogen-bond acceptors (Lipinski definition) is 2. The van der Waals surface area contributed by atoms with Gasteiger partial charge >= 0.3 is 0 Å². The Balaban J connectivity index is 2.21. The number of halogens is 1. The maximum absolute atomic E-state index is 13.3. The van der Waals surface area contributed by atoms with Gasteiger partial charge in [-0.2, -0.15) is 0 Å². The van der Waals surface area contributed by atoms with Gasteiger partial charge in [0.05, 0.1) is 6.54 Å². The van der Waals surface area contributed by atoms with Gasteiger partial charge in [-0.1, -0.05) is 13.8 Å². The second-order valence-corrected chi connectivity index (χ2v) is 3.63. The summed E-state index contributed by atoms with van der Waals surface area (Å²) in [5, 5.41) is 5.40. The van der Waals surface area contributed by atoms with Gasteiger partial charge in [-0.15, -0.1) is 0 Å². The highest BCUT2D eigenvalue weighted by atomic mass is 19.1. The number of rotatable bonds is 3. The Morgan fingerprint density at radius 3 is 2.58 bits per heavy atom. The molecule has 4 heteroatoms. The zero-order valence-corrected chi connectivity index (χ0v) is 7.48. The number of nitrogens with one attached hydrogen (secondary N) is 2. The van der Waals surface area contributed by atoms with E-state index >= 15 is 0 Å². The summed E-state index contributed by atoms with van der Waals surface area (Å²) in [6.45, 7) is 4.42. The van der Waals surface area contributed by atoms with Crippen LogP contribution in [0.4, 0.5) is 4.39 Å². The van der Waals surface area contributed by atoms with Gasteiger partial charge in [0.2, 0.25) is 5.91 Å². The summed E-state index contributed by atoms with van der Waals surface area (Å²) in [6.07, 6.45) is 0. The van der Waals surface area contributed by atoms with E-state index in [-0.39, 0.29) is 18.4 Å². The highest BCUT2D eigenvalue weighted by Crippen LogP contribution is 2.14. The van der Waals surface area contributed by atoms with Gasteiger partial charge in [-0.25, -0.2) is 4.39 Å². The lowest BCUT2D eigenvalue weighted by atomic mass is 9.99. The van der Waals surface area contributed by atoms with Crippen LogP contribution < -0.4 is 10.6 Å². The molecule has 0 unspecified atom stereocenters. The van der Waals surface area contributed by atoms with Crippen LogP contribution in [-0.4, -0.2) is 31.2 Å². The highest BCUT2D eigenvalue weighted by molar-refractivity contribution is 5.77. The lowest BCUT2D eigenvalue weighted by molar-refractivity contribution is -0.124. The zero-order valence-electron chi connectivity index (χ0n) is 7.48. The fourth-order valence-corrected chi connectivity index (χ4v) is 0.971. The van der Waals surface area contributed by atoms with E-state index in [1.807, 2.05) is 0 Å². The normalized spacial score (nSPS) is 20.3. The summed E-state index contributed by atoms with van der Waals surface area (Å²) in [7, 11) is 0. The Labute approximate surface area is 71.7 Å². The zero-order chi connectivity index (χ0) is 9.19. The van der Waals surface area contributed by atoms with E-state index < -0.39 is 5.67 Å². The van der Waals surface area contributed by atoms with E-state index in [0.717, 1.165) is 0 Å². The third-order valence-electron chi connectivity index (χ3n) is 1.99. The Hall–Kier alpha value is -0.640. The van der Waals surface area contributed by atoms with Crippen molar-refractivity contribution in [3.05, 3.63) is 0 Å². The number of hydrogen-bond donors (Lipinski definition) is 2. The molecular weight excluding hydrogens is 159 g/mol. The molecule has 3 nitrogen and oxygen atoms in total. The Morgan fingerprint density at radius 2 is 2.25 bits per heavy atom. The monoisotopic (exact) mass is 174 g/mol. The minimum Gasteiger partial charge on any atom is -0.353 e.